The van der Waals surface area contributed by atoms with Crippen LogP contribution >= 0.6 is 11.8 Å². The fourth-order valence-corrected chi connectivity index (χ4v) is 3.77. The Bertz CT molecular complexity index is 1050. The lowest BCUT2D eigenvalue weighted by Crippen LogP contribution is -2.06. The van der Waals surface area contributed by atoms with Gasteiger partial charge in [0.2, 0.25) is 5.91 Å². The molecule has 140 valence electrons. The lowest BCUT2D eigenvalue weighted by Gasteiger charge is -2.10. The van der Waals surface area contributed by atoms with E-state index in [1.165, 1.54) is 36.9 Å². The Morgan fingerprint density at radius 3 is 2.67 bits per heavy atom. The van der Waals surface area contributed by atoms with Gasteiger partial charge in [0, 0.05) is 47.2 Å². The van der Waals surface area contributed by atoms with Gasteiger partial charge in [-0.1, -0.05) is 0 Å². The van der Waals surface area contributed by atoms with Gasteiger partial charge in [-0.3, -0.25) is 4.79 Å². The van der Waals surface area contributed by atoms with Gasteiger partial charge in [-0.15, -0.1) is 0 Å². The molecule has 5 nitrogen and oxygen atoms in total. The molecule has 7 heteroatoms. The number of thioether (sulfide) groups is 1. The summed E-state index contributed by atoms with van der Waals surface area (Å²) < 4.78 is 24.0. The number of anilines is 1. The van der Waals surface area contributed by atoms with Crippen LogP contribution in [-0.2, 0) is 16.3 Å². The van der Waals surface area contributed by atoms with Crippen molar-refractivity contribution in [3.8, 4) is 5.75 Å². The fourth-order valence-electron chi connectivity index (χ4n) is 2.76. The minimum Gasteiger partial charge on any atom is -0.496 e. The summed E-state index contributed by atoms with van der Waals surface area (Å²) in [5.74, 6) is 1.19. The maximum atomic E-state index is 13.5. The minimum atomic E-state index is -0.457. The number of amides is 1. The first-order chi connectivity index (χ1) is 13.0. The van der Waals surface area contributed by atoms with Crippen molar-refractivity contribution < 1.29 is 18.3 Å². The van der Waals surface area contributed by atoms with E-state index in [9.17, 15) is 14.0 Å². The van der Waals surface area contributed by atoms with Crippen LogP contribution in [0.15, 0.2) is 51.7 Å². The van der Waals surface area contributed by atoms with E-state index in [4.69, 9.17) is 9.15 Å². The van der Waals surface area contributed by atoms with Crippen molar-refractivity contribution in [2.24, 2.45) is 0 Å². The smallest absolute Gasteiger partial charge is 0.336 e. The molecule has 0 bridgehead atoms. The van der Waals surface area contributed by atoms with Crippen molar-refractivity contribution in [1.82, 2.24) is 0 Å². The number of hydrogen-bond donors (Lipinski definition) is 1. The van der Waals surface area contributed by atoms with Crippen molar-refractivity contribution in [3.05, 3.63) is 69.8 Å². The molecule has 0 aliphatic rings. The molecule has 0 atom stereocenters. The van der Waals surface area contributed by atoms with Gasteiger partial charge in [-0.2, -0.15) is 11.8 Å². The van der Waals surface area contributed by atoms with E-state index in [0.717, 1.165) is 16.5 Å². The molecule has 1 heterocycles. The molecule has 3 rings (SSSR count). The minimum absolute atomic E-state index is 0.201. The number of rotatable bonds is 6. The van der Waals surface area contributed by atoms with E-state index in [1.54, 1.807) is 25.3 Å². The maximum Gasteiger partial charge on any atom is 0.336 e. The van der Waals surface area contributed by atoms with Gasteiger partial charge in [0.15, 0.2) is 0 Å². The predicted molar refractivity (Wildman–Crippen MR) is 105 cm³/mol. The molecule has 0 saturated carbocycles. The second-order valence-electron chi connectivity index (χ2n) is 5.93. The number of carbonyl (C=O) groups is 1. The highest BCUT2D eigenvalue weighted by atomic mass is 32.2. The van der Waals surface area contributed by atoms with Crippen LogP contribution in [0.4, 0.5) is 10.1 Å². The molecule has 2 aromatic carbocycles. The molecule has 27 heavy (non-hydrogen) atoms. The Hall–Kier alpha value is -2.80. The molecule has 3 aromatic rings. The number of benzene rings is 2. The van der Waals surface area contributed by atoms with Gasteiger partial charge in [0.25, 0.3) is 0 Å². The van der Waals surface area contributed by atoms with Crippen LogP contribution in [-0.4, -0.2) is 13.0 Å². The molecule has 0 unspecified atom stereocenters. The van der Waals surface area contributed by atoms with E-state index in [0.29, 0.717) is 28.5 Å². The average molecular weight is 387 g/mol. The Morgan fingerprint density at radius 2 is 1.93 bits per heavy atom. The molecule has 0 saturated heterocycles. The van der Waals surface area contributed by atoms with Crippen molar-refractivity contribution in [1.29, 1.82) is 0 Å². The zero-order valence-corrected chi connectivity index (χ0v) is 15.7. The first-order valence-corrected chi connectivity index (χ1v) is 9.36. The third kappa shape index (κ3) is 4.68. The Kier molecular flexibility index (Phi) is 5.81. The SMILES string of the molecule is COc1ccc(F)cc1CSCc1cc(=O)oc2cc(NC(C)=O)ccc12. The summed E-state index contributed by atoms with van der Waals surface area (Å²) >= 11 is 1.54. The van der Waals surface area contributed by atoms with E-state index in [1.807, 2.05) is 6.07 Å². The molecule has 1 aromatic heterocycles. The van der Waals surface area contributed by atoms with Crippen LogP contribution in [0, 0.1) is 5.82 Å². The van der Waals surface area contributed by atoms with Crippen molar-refractivity contribution in [2.75, 3.05) is 12.4 Å². The van der Waals surface area contributed by atoms with E-state index >= 15 is 0 Å². The summed E-state index contributed by atoms with van der Waals surface area (Å²) in [5.41, 5.74) is 2.08. The summed E-state index contributed by atoms with van der Waals surface area (Å²) in [5, 5.41) is 3.46. The third-order valence-electron chi connectivity index (χ3n) is 3.91. The third-order valence-corrected chi connectivity index (χ3v) is 4.94. The van der Waals surface area contributed by atoms with E-state index in [2.05, 4.69) is 5.32 Å². The monoisotopic (exact) mass is 387 g/mol. The summed E-state index contributed by atoms with van der Waals surface area (Å²) in [6.07, 6.45) is 0. The number of methoxy groups -OCH3 is 1. The van der Waals surface area contributed by atoms with Crippen molar-refractivity contribution >= 4 is 34.3 Å². The van der Waals surface area contributed by atoms with Gasteiger partial charge in [-0.05, 0) is 35.9 Å². The number of nitrogens with one attached hydrogen (secondary N) is 1. The second-order valence-corrected chi connectivity index (χ2v) is 6.92. The van der Waals surface area contributed by atoms with Crippen LogP contribution in [0.25, 0.3) is 11.0 Å². The topological polar surface area (TPSA) is 68.5 Å². The van der Waals surface area contributed by atoms with Gasteiger partial charge in [-0.25, -0.2) is 9.18 Å². The highest BCUT2D eigenvalue weighted by molar-refractivity contribution is 7.97. The fraction of sp³-hybridized carbons (Fsp3) is 0.200. The van der Waals surface area contributed by atoms with Gasteiger partial charge < -0.3 is 14.5 Å². The maximum absolute atomic E-state index is 13.5. The first-order valence-electron chi connectivity index (χ1n) is 8.21. The number of halogens is 1. The predicted octanol–water partition coefficient (Wildman–Crippen LogP) is 4.33. The van der Waals surface area contributed by atoms with Gasteiger partial charge >= 0.3 is 5.63 Å². The van der Waals surface area contributed by atoms with E-state index < -0.39 is 5.63 Å². The highest BCUT2D eigenvalue weighted by Gasteiger charge is 2.09. The molecule has 0 aliphatic carbocycles. The molecule has 0 fully saturated rings. The van der Waals surface area contributed by atoms with Crippen LogP contribution < -0.4 is 15.7 Å². The summed E-state index contributed by atoms with van der Waals surface area (Å²) in [4.78, 5) is 23.1. The zero-order chi connectivity index (χ0) is 19.4. The van der Waals surface area contributed by atoms with Gasteiger partial charge in [0.1, 0.15) is 17.1 Å². The first kappa shape index (κ1) is 19.0. The number of fused-ring (bicyclic) bond motifs is 1. The Balaban J connectivity index is 1.81. The second kappa shape index (κ2) is 8.26. The van der Waals surface area contributed by atoms with E-state index in [-0.39, 0.29) is 11.7 Å². The number of carbonyl (C=O) groups excluding carboxylic acids is 1. The summed E-state index contributed by atoms with van der Waals surface area (Å²) in [7, 11) is 1.55. The van der Waals surface area contributed by atoms with Crippen molar-refractivity contribution in [3.63, 3.8) is 0 Å². The Labute approximate surface area is 159 Å². The molecule has 0 aliphatic heterocycles. The van der Waals surface area contributed by atoms with Gasteiger partial charge in [0.05, 0.1) is 7.11 Å². The standard InChI is InChI=1S/C20H18FNO4S/c1-12(23)22-16-4-5-17-13(8-20(24)26-19(17)9-16)10-27-11-14-7-15(21)3-6-18(14)25-2/h3-9H,10-11H2,1-2H3,(H,22,23). The lowest BCUT2D eigenvalue weighted by molar-refractivity contribution is -0.114. The molecule has 0 spiro atoms. The summed E-state index contributed by atoms with van der Waals surface area (Å²) in [6.45, 7) is 1.41. The van der Waals surface area contributed by atoms with Crippen molar-refractivity contribution in [2.45, 2.75) is 18.4 Å². The quantitative estimate of drug-likeness (QED) is 0.638. The largest absolute Gasteiger partial charge is 0.496 e. The van der Waals surface area contributed by atoms with Crippen LogP contribution in [0.1, 0.15) is 18.1 Å². The Morgan fingerprint density at radius 1 is 1.15 bits per heavy atom. The average Bonchev–Trinajstić information content (AvgIpc) is 2.61. The molecule has 1 amide bonds. The molecule has 1 N–H and O–H groups in total. The lowest BCUT2D eigenvalue weighted by atomic mass is 10.1. The zero-order valence-electron chi connectivity index (χ0n) is 14.9. The number of ether oxygens (including phenoxy) is 1. The summed E-state index contributed by atoms with van der Waals surface area (Å²) in [6, 6.07) is 11.0. The molecular formula is C20H18FNO4S. The van der Waals surface area contributed by atoms with Crippen LogP contribution in [0.3, 0.4) is 0 Å². The molecular weight excluding hydrogens is 369 g/mol. The highest BCUT2D eigenvalue weighted by Crippen LogP contribution is 2.28. The van der Waals surface area contributed by atoms with Crippen LogP contribution in [0.2, 0.25) is 0 Å². The molecule has 0 radical (unpaired) electrons. The normalized spacial score (nSPS) is 10.8. The van der Waals surface area contributed by atoms with Crippen LogP contribution in [0.5, 0.6) is 5.75 Å². The number of hydrogen-bond acceptors (Lipinski definition) is 5.